The highest BCUT2D eigenvalue weighted by Crippen LogP contribution is 2.23. The molecule has 1 fully saturated rings. The van der Waals surface area contributed by atoms with Gasteiger partial charge in [-0.25, -0.2) is 4.98 Å². The topological polar surface area (TPSA) is 80.0 Å². The molecule has 5 rings (SSSR count). The summed E-state index contributed by atoms with van der Waals surface area (Å²) in [4.78, 5) is 23.9. The van der Waals surface area contributed by atoms with E-state index in [1.54, 1.807) is 22.7 Å². The van der Waals surface area contributed by atoms with Crippen molar-refractivity contribution < 1.29 is 4.79 Å². The van der Waals surface area contributed by atoms with Crippen LogP contribution in [0.1, 0.15) is 5.01 Å². The van der Waals surface area contributed by atoms with Crippen molar-refractivity contribution in [3.8, 4) is 10.7 Å². The van der Waals surface area contributed by atoms with Crippen LogP contribution < -0.4 is 0 Å². The molecule has 4 aromatic rings. The third kappa shape index (κ3) is 4.04. The number of rotatable bonds is 5. The molecule has 1 amide bonds. The second kappa shape index (κ2) is 7.97. The number of tetrazole rings is 1. The Balaban J connectivity index is 1.14. The number of amides is 1. The fourth-order valence-electron chi connectivity index (χ4n) is 3.37. The predicted octanol–water partition coefficient (Wildman–Crippen LogP) is 2.36. The van der Waals surface area contributed by atoms with Crippen LogP contribution in [0.3, 0.4) is 0 Å². The molecular formula is C19H19N7OS2. The number of hydrogen-bond acceptors (Lipinski definition) is 8. The van der Waals surface area contributed by atoms with Crippen LogP contribution in [0.25, 0.3) is 20.9 Å². The summed E-state index contributed by atoms with van der Waals surface area (Å²) < 4.78 is 1.22. The van der Waals surface area contributed by atoms with Crippen LogP contribution >= 0.6 is 22.7 Å². The molecule has 0 bridgehead atoms. The molecule has 0 N–H and O–H groups in total. The molecule has 0 atom stereocenters. The summed E-state index contributed by atoms with van der Waals surface area (Å²) in [5.74, 6) is 0.591. The normalized spacial score (nSPS) is 15.2. The molecule has 1 aliphatic heterocycles. The van der Waals surface area contributed by atoms with E-state index in [4.69, 9.17) is 4.98 Å². The molecule has 1 aromatic carbocycles. The summed E-state index contributed by atoms with van der Waals surface area (Å²) in [6.45, 7) is 4.04. The van der Waals surface area contributed by atoms with Gasteiger partial charge in [0.15, 0.2) is 0 Å². The van der Waals surface area contributed by atoms with Crippen molar-refractivity contribution in [2.24, 2.45) is 0 Å². The van der Waals surface area contributed by atoms with Crippen LogP contribution in [0, 0.1) is 0 Å². The van der Waals surface area contributed by atoms with E-state index in [0.717, 1.165) is 35.0 Å². The lowest BCUT2D eigenvalue weighted by Crippen LogP contribution is -2.49. The number of hydrogen-bond donors (Lipinski definition) is 0. The SMILES string of the molecule is O=C(Cn1nnc(-c2cccs2)n1)N1CCN(Cc2nc3ccccc3s2)CC1. The number of nitrogens with zero attached hydrogens (tertiary/aromatic N) is 7. The molecule has 10 heteroatoms. The van der Waals surface area contributed by atoms with E-state index in [2.05, 4.69) is 26.4 Å². The average molecular weight is 426 g/mol. The van der Waals surface area contributed by atoms with Gasteiger partial charge in [-0.1, -0.05) is 18.2 Å². The number of para-hydroxylation sites is 1. The smallest absolute Gasteiger partial charge is 0.246 e. The van der Waals surface area contributed by atoms with Gasteiger partial charge in [0.05, 0.1) is 21.6 Å². The highest BCUT2D eigenvalue weighted by Gasteiger charge is 2.23. The van der Waals surface area contributed by atoms with Crippen molar-refractivity contribution in [2.75, 3.05) is 26.2 Å². The highest BCUT2D eigenvalue weighted by atomic mass is 32.1. The van der Waals surface area contributed by atoms with Crippen molar-refractivity contribution in [1.82, 2.24) is 35.0 Å². The Kier molecular flexibility index (Phi) is 5.04. The lowest BCUT2D eigenvalue weighted by atomic mass is 10.3. The number of carbonyl (C=O) groups is 1. The molecule has 4 heterocycles. The summed E-state index contributed by atoms with van der Waals surface area (Å²) in [7, 11) is 0. The van der Waals surface area contributed by atoms with Gasteiger partial charge in [-0.05, 0) is 28.8 Å². The second-order valence-corrected chi connectivity index (χ2v) is 8.92. The molecule has 1 saturated heterocycles. The van der Waals surface area contributed by atoms with Gasteiger partial charge in [-0.2, -0.15) is 4.80 Å². The number of carbonyl (C=O) groups excluding carboxylic acids is 1. The van der Waals surface area contributed by atoms with Gasteiger partial charge < -0.3 is 4.90 Å². The molecule has 0 aliphatic carbocycles. The van der Waals surface area contributed by atoms with Crippen molar-refractivity contribution >= 4 is 38.8 Å². The number of fused-ring (bicyclic) bond motifs is 1. The van der Waals surface area contributed by atoms with E-state index in [0.29, 0.717) is 18.9 Å². The fraction of sp³-hybridized carbons (Fsp3) is 0.316. The lowest BCUT2D eigenvalue weighted by molar-refractivity contribution is -0.134. The monoisotopic (exact) mass is 425 g/mol. The molecule has 148 valence electrons. The zero-order chi connectivity index (χ0) is 19.6. The number of aromatic nitrogens is 5. The van der Waals surface area contributed by atoms with E-state index in [1.807, 2.05) is 40.6 Å². The van der Waals surface area contributed by atoms with Crippen LogP contribution in [0.5, 0.6) is 0 Å². The summed E-state index contributed by atoms with van der Waals surface area (Å²) >= 11 is 3.30. The minimum absolute atomic E-state index is 0.0276. The molecule has 0 unspecified atom stereocenters. The van der Waals surface area contributed by atoms with Crippen molar-refractivity contribution in [1.29, 1.82) is 0 Å². The molecule has 29 heavy (non-hydrogen) atoms. The summed E-state index contributed by atoms with van der Waals surface area (Å²) in [6.07, 6.45) is 0. The summed E-state index contributed by atoms with van der Waals surface area (Å²) in [6, 6.07) is 12.1. The largest absolute Gasteiger partial charge is 0.338 e. The third-order valence-corrected chi connectivity index (χ3v) is 6.78. The summed E-state index contributed by atoms with van der Waals surface area (Å²) in [5.41, 5.74) is 1.06. The van der Waals surface area contributed by atoms with Gasteiger partial charge in [0.1, 0.15) is 11.6 Å². The zero-order valence-electron chi connectivity index (χ0n) is 15.6. The van der Waals surface area contributed by atoms with Crippen LogP contribution in [-0.4, -0.2) is 67.1 Å². The quantitative estimate of drug-likeness (QED) is 0.488. The van der Waals surface area contributed by atoms with Gasteiger partial charge in [0.25, 0.3) is 0 Å². The van der Waals surface area contributed by atoms with Gasteiger partial charge in [0.2, 0.25) is 11.7 Å². The molecule has 0 spiro atoms. The van der Waals surface area contributed by atoms with E-state index in [1.165, 1.54) is 9.50 Å². The average Bonchev–Trinajstić information content (AvgIpc) is 3.48. The first kappa shape index (κ1) is 18.3. The van der Waals surface area contributed by atoms with Crippen LogP contribution in [0.2, 0.25) is 0 Å². The number of benzene rings is 1. The van der Waals surface area contributed by atoms with Crippen molar-refractivity contribution in [3.05, 3.63) is 46.8 Å². The van der Waals surface area contributed by atoms with E-state index in [-0.39, 0.29) is 12.5 Å². The molecule has 0 saturated carbocycles. The fourth-order valence-corrected chi connectivity index (χ4v) is 5.03. The van der Waals surface area contributed by atoms with Gasteiger partial charge in [-0.3, -0.25) is 9.69 Å². The minimum Gasteiger partial charge on any atom is -0.338 e. The Hall–Kier alpha value is -2.69. The Labute approximate surface area is 175 Å². The molecule has 8 nitrogen and oxygen atoms in total. The van der Waals surface area contributed by atoms with E-state index in [9.17, 15) is 4.79 Å². The van der Waals surface area contributed by atoms with Gasteiger partial charge in [-0.15, -0.1) is 32.9 Å². The Bertz CT molecular complexity index is 1080. The first-order valence-electron chi connectivity index (χ1n) is 9.41. The van der Waals surface area contributed by atoms with Crippen LogP contribution in [0.4, 0.5) is 0 Å². The third-order valence-electron chi connectivity index (χ3n) is 4.89. The Morgan fingerprint density at radius 2 is 1.93 bits per heavy atom. The maximum atomic E-state index is 12.6. The maximum Gasteiger partial charge on any atom is 0.246 e. The van der Waals surface area contributed by atoms with Gasteiger partial charge in [0, 0.05) is 26.2 Å². The van der Waals surface area contributed by atoms with Gasteiger partial charge >= 0.3 is 0 Å². The minimum atomic E-state index is 0.0276. The second-order valence-electron chi connectivity index (χ2n) is 6.85. The van der Waals surface area contributed by atoms with Crippen molar-refractivity contribution in [2.45, 2.75) is 13.1 Å². The predicted molar refractivity (Wildman–Crippen MR) is 113 cm³/mol. The number of thiophene rings is 1. The van der Waals surface area contributed by atoms with E-state index >= 15 is 0 Å². The maximum absolute atomic E-state index is 12.6. The molecule has 3 aromatic heterocycles. The van der Waals surface area contributed by atoms with Crippen LogP contribution in [-0.2, 0) is 17.9 Å². The Morgan fingerprint density at radius 1 is 1.07 bits per heavy atom. The summed E-state index contributed by atoms with van der Waals surface area (Å²) in [5, 5.41) is 15.5. The zero-order valence-corrected chi connectivity index (χ0v) is 17.3. The lowest BCUT2D eigenvalue weighted by Gasteiger charge is -2.34. The first-order chi connectivity index (χ1) is 14.2. The molecule has 1 aliphatic rings. The van der Waals surface area contributed by atoms with Crippen molar-refractivity contribution in [3.63, 3.8) is 0 Å². The molecular weight excluding hydrogens is 406 g/mol. The first-order valence-corrected chi connectivity index (χ1v) is 11.1. The Morgan fingerprint density at radius 3 is 2.72 bits per heavy atom. The highest BCUT2D eigenvalue weighted by molar-refractivity contribution is 7.18. The van der Waals surface area contributed by atoms with Crippen LogP contribution in [0.15, 0.2) is 41.8 Å². The number of piperazine rings is 1. The van der Waals surface area contributed by atoms with E-state index < -0.39 is 0 Å². The molecule has 0 radical (unpaired) electrons. The number of thiazole rings is 1. The standard InChI is InChI=1S/C19H19N7OS2/c27-18(13-26-22-19(21-23-26)16-6-3-11-28-16)25-9-7-24(8-10-25)12-17-20-14-4-1-2-5-15(14)29-17/h1-6,11H,7-10,12-13H2.